The fraction of sp³-hybridized carbons (Fsp3) is 0.211. The summed E-state index contributed by atoms with van der Waals surface area (Å²) in [6.07, 6.45) is 1.56. The number of benzene rings is 1. The van der Waals surface area contributed by atoms with Crippen LogP contribution in [0.2, 0.25) is 0 Å². The van der Waals surface area contributed by atoms with Crippen molar-refractivity contribution in [3.05, 3.63) is 42.1 Å². The molecule has 150 valence electrons. The van der Waals surface area contributed by atoms with Crippen LogP contribution in [0.4, 0.5) is 22.1 Å². The molecule has 3 N–H and O–H groups in total. The molecule has 0 radical (unpaired) electrons. The molecule has 0 spiro atoms. The van der Waals surface area contributed by atoms with Crippen LogP contribution >= 0.6 is 0 Å². The second-order valence-electron chi connectivity index (χ2n) is 5.81. The number of esters is 1. The summed E-state index contributed by atoms with van der Waals surface area (Å²) in [5.41, 5.74) is 1.89. The van der Waals surface area contributed by atoms with Crippen LogP contribution < -0.4 is 20.7 Å². The van der Waals surface area contributed by atoms with Gasteiger partial charge < -0.3 is 20.1 Å². The van der Waals surface area contributed by atoms with Gasteiger partial charge in [-0.1, -0.05) is 0 Å². The lowest BCUT2D eigenvalue weighted by molar-refractivity contribution is 0.0597. The maximum Gasteiger partial charge on any atom is 0.341 e. The van der Waals surface area contributed by atoms with E-state index in [2.05, 4.69) is 30.9 Å². The van der Waals surface area contributed by atoms with Gasteiger partial charge in [-0.3, -0.25) is 5.32 Å². The van der Waals surface area contributed by atoms with E-state index < -0.39 is 5.97 Å². The smallest absolute Gasteiger partial charge is 0.341 e. The van der Waals surface area contributed by atoms with Gasteiger partial charge in [0.1, 0.15) is 22.6 Å². The van der Waals surface area contributed by atoms with Crippen molar-refractivity contribution >= 4 is 40.5 Å². The van der Waals surface area contributed by atoms with Crippen LogP contribution in [0.25, 0.3) is 11.2 Å². The summed E-state index contributed by atoms with van der Waals surface area (Å²) in [6, 6.07) is 7.96. The van der Waals surface area contributed by atoms with E-state index in [1.54, 1.807) is 36.5 Å². The molecule has 0 aliphatic rings. The number of ether oxygens (including phenoxy) is 2. The quantitative estimate of drug-likeness (QED) is 0.543. The second kappa shape index (κ2) is 8.83. The average Bonchev–Trinajstić information content (AvgIpc) is 2.73. The molecule has 3 aromatic rings. The first kappa shape index (κ1) is 19.8. The summed E-state index contributed by atoms with van der Waals surface area (Å²) in [5, 5.41) is 8.35. The predicted molar refractivity (Wildman–Crippen MR) is 108 cm³/mol. The third-order valence-corrected chi connectivity index (χ3v) is 3.86. The molecule has 10 heteroatoms. The van der Waals surface area contributed by atoms with Crippen LogP contribution in [0.3, 0.4) is 0 Å². The molecular weight excluding hydrogens is 376 g/mol. The van der Waals surface area contributed by atoms with E-state index >= 15 is 0 Å². The van der Waals surface area contributed by atoms with E-state index in [4.69, 9.17) is 9.47 Å². The van der Waals surface area contributed by atoms with Crippen LogP contribution in [-0.4, -0.2) is 47.7 Å². The van der Waals surface area contributed by atoms with Gasteiger partial charge in [0.05, 0.1) is 20.4 Å². The summed E-state index contributed by atoms with van der Waals surface area (Å²) in [6.45, 7) is 2.33. The summed E-state index contributed by atoms with van der Waals surface area (Å²) < 4.78 is 9.99. The van der Waals surface area contributed by atoms with E-state index in [9.17, 15) is 9.59 Å². The fourth-order valence-electron chi connectivity index (χ4n) is 2.54. The molecule has 2 heterocycles. The Hall–Kier alpha value is -3.95. The predicted octanol–water partition coefficient (Wildman–Crippen LogP) is 2.71. The zero-order chi connectivity index (χ0) is 20.8. The van der Waals surface area contributed by atoms with Gasteiger partial charge in [-0.2, -0.15) is 0 Å². The SMILES string of the molecule is CCNC(=O)Nc1ccc2ncc(Nc3ccc(C(=O)OC)c(OC)c3)nc2n1. The van der Waals surface area contributed by atoms with Gasteiger partial charge in [0.15, 0.2) is 11.5 Å². The molecule has 0 saturated heterocycles. The third-order valence-electron chi connectivity index (χ3n) is 3.86. The molecule has 2 aromatic heterocycles. The number of anilines is 3. The highest BCUT2D eigenvalue weighted by Crippen LogP contribution is 2.26. The fourth-order valence-corrected chi connectivity index (χ4v) is 2.54. The van der Waals surface area contributed by atoms with E-state index in [-0.39, 0.29) is 6.03 Å². The van der Waals surface area contributed by atoms with Gasteiger partial charge >= 0.3 is 12.0 Å². The largest absolute Gasteiger partial charge is 0.496 e. The molecule has 0 aliphatic carbocycles. The van der Waals surface area contributed by atoms with Crippen molar-refractivity contribution in [3.8, 4) is 5.75 Å². The van der Waals surface area contributed by atoms with Crippen LogP contribution in [0.15, 0.2) is 36.5 Å². The highest BCUT2D eigenvalue weighted by atomic mass is 16.5. The molecule has 1 aromatic carbocycles. The minimum absolute atomic E-state index is 0.313. The number of hydrogen-bond donors (Lipinski definition) is 3. The zero-order valence-electron chi connectivity index (χ0n) is 16.1. The Morgan fingerprint density at radius 1 is 1.07 bits per heavy atom. The molecule has 0 atom stereocenters. The van der Waals surface area contributed by atoms with Crippen LogP contribution in [-0.2, 0) is 4.74 Å². The van der Waals surface area contributed by atoms with Crippen LogP contribution in [0, 0.1) is 0 Å². The lowest BCUT2D eigenvalue weighted by Crippen LogP contribution is -2.28. The summed E-state index contributed by atoms with van der Waals surface area (Å²) in [5.74, 6) is 0.671. The van der Waals surface area contributed by atoms with Crippen molar-refractivity contribution in [1.29, 1.82) is 0 Å². The van der Waals surface area contributed by atoms with Gasteiger partial charge in [-0.15, -0.1) is 0 Å². The Morgan fingerprint density at radius 2 is 1.86 bits per heavy atom. The first-order valence-corrected chi connectivity index (χ1v) is 8.76. The maximum absolute atomic E-state index is 11.8. The molecule has 10 nitrogen and oxygen atoms in total. The molecule has 2 amide bonds. The molecule has 0 aliphatic heterocycles. The van der Waals surface area contributed by atoms with Crippen molar-refractivity contribution in [2.75, 3.05) is 31.4 Å². The topological polar surface area (TPSA) is 127 Å². The number of carbonyl (C=O) groups is 2. The van der Waals surface area contributed by atoms with E-state index in [1.165, 1.54) is 14.2 Å². The second-order valence-corrected chi connectivity index (χ2v) is 5.81. The number of aromatic nitrogens is 3. The monoisotopic (exact) mass is 396 g/mol. The van der Waals surface area contributed by atoms with E-state index in [0.717, 1.165) is 0 Å². The molecule has 29 heavy (non-hydrogen) atoms. The molecule has 0 saturated carbocycles. The number of urea groups is 1. The summed E-state index contributed by atoms with van der Waals surface area (Å²) in [4.78, 5) is 36.5. The first-order chi connectivity index (χ1) is 14.0. The number of nitrogens with one attached hydrogen (secondary N) is 3. The van der Waals surface area contributed by atoms with Gasteiger partial charge in [-0.05, 0) is 31.2 Å². The van der Waals surface area contributed by atoms with Gasteiger partial charge in [0, 0.05) is 18.3 Å². The number of amides is 2. The zero-order valence-corrected chi connectivity index (χ0v) is 16.1. The van der Waals surface area contributed by atoms with Crippen molar-refractivity contribution in [2.24, 2.45) is 0 Å². The average molecular weight is 396 g/mol. The van der Waals surface area contributed by atoms with Crippen LogP contribution in [0.5, 0.6) is 5.75 Å². The number of fused-ring (bicyclic) bond motifs is 1. The van der Waals surface area contributed by atoms with Gasteiger partial charge in [0.25, 0.3) is 0 Å². The molecule has 0 unspecified atom stereocenters. The number of nitrogens with zero attached hydrogens (tertiary/aromatic N) is 3. The Morgan fingerprint density at radius 3 is 2.59 bits per heavy atom. The van der Waals surface area contributed by atoms with E-state index in [1.807, 2.05) is 6.92 Å². The van der Waals surface area contributed by atoms with E-state index in [0.29, 0.717) is 46.3 Å². The molecule has 3 rings (SSSR count). The number of rotatable bonds is 6. The molecular formula is C19H20N6O4. The highest BCUT2D eigenvalue weighted by molar-refractivity contribution is 5.93. The highest BCUT2D eigenvalue weighted by Gasteiger charge is 2.13. The van der Waals surface area contributed by atoms with Gasteiger partial charge in [-0.25, -0.2) is 24.5 Å². The van der Waals surface area contributed by atoms with Crippen molar-refractivity contribution in [1.82, 2.24) is 20.3 Å². The Kier molecular flexibility index (Phi) is 6.03. The molecule has 0 fully saturated rings. The minimum Gasteiger partial charge on any atom is -0.496 e. The van der Waals surface area contributed by atoms with Crippen molar-refractivity contribution in [2.45, 2.75) is 6.92 Å². The standard InChI is InChI=1S/C19H20N6O4/c1-4-20-19(27)25-15-8-7-13-17(23-15)24-16(10-21-13)22-11-5-6-12(18(26)29-3)14(9-11)28-2/h5-10H,4H2,1-3H3,(H3,20,22,23,24,25,27). The lowest BCUT2D eigenvalue weighted by atomic mass is 10.2. The van der Waals surface area contributed by atoms with Gasteiger partial charge in [0.2, 0.25) is 0 Å². The van der Waals surface area contributed by atoms with Crippen molar-refractivity contribution in [3.63, 3.8) is 0 Å². The Balaban J connectivity index is 1.84. The Labute approximate surface area is 166 Å². The number of hydrogen-bond acceptors (Lipinski definition) is 8. The first-order valence-electron chi connectivity index (χ1n) is 8.76. The number of methoxy groups -OCH3 is 2. The lowest BCUT2D eigenvalue weighted by Gasteiger charge is -2.11. The number of pyridine rings is 1. The molecule has 0 bridgehead atoms. The minimum atomic E-state index is -0.491. The maximum atomic E-state index is 11.8. The Bertz CT molecular complexity index is 1060. The van der Waals surface area contributed by atoms with Crippen molar-refractivity contribution < 1.29 is 19.1 Å². The number of carbonyl (C=O) groups excluding carboxylic acids is 2. The third kappa shape index (κ3) is 4.67. The summed E-state index contributed by atoms with van der Waals surface area (Å²) >= 11 is 0. The van der Waals surface area contributed by atoms with Crippen LogP contribution in [0.1, 0.15) is 17.3 Å². The summed E-state index contributed by atoms with van der Waals surface area (Å²) in [7, 11) is 2.77. The normalized spacial score (nSPS) is 10.3.